The fraction of sp³-hybridized carbons (Fsp3) is 0.643. The van der Waals surface area contributed by atoms with Crippen molar-refractivity contribution in [3.63, 3.8) is 0 Å². The number of rotatable bonds is 2. The molecule has 1 aromatic rings. The van der Waals surface area contributed by atoms with Gasteiger partial charge in [-0.1, -0.05) is 6.07 Å². The summed E-state index contributed by atoms with van der Waals surface area (Å²) in [6, 6.07) is 4.94. The molecule has 2 aliphatic rings. The lowest BCUT2D eigenvalue weighted by Gasteiger charge is -2.26. The molecule has 0 aliphatic heterocycles. The summed E-state index contributed by atoms with van der Waals surface area (Å²) < 4.78 is 0. The summed E-state index contributed by atoms with van der Waals surface area (Å²) in [7, 11) is 0. The van der Waals surface area contributed by atoms with Gasteiger partial charge in [0.25, 0.3) is 0 Å². The van der Waals surface area contributed by atoms with E-state index < -0.39 is 0 Å². The first-order valence-corrected chi connectivity index (χ1v) is 7.14. The first-order chi connectivity index (χ1) is 8.31. The third-order valence-corrected chi connectivity index (χ3v) is 4.37. The highest BCUT2D eigenvalue weighted by molar-refractivity contribution is 6.20. The van der Waals surface area contributed by atoms with Crippen molar-refractivity contribution in [3.8, 4) is 0 Å². The second-order valence-corrected chi connectivity index (χ2v) is 5.87. The number of pyridine rings is 1. The molecule has 92 valence electrons. The van der Waals surface area contributed by atoms with Gasteiger partial charge < -0.3 is 5.32 Å². The topological polar surface area (TPSA) is 24.9 Å². The van der Waals surface area contributed by atoms with Crippen LogP contribution in [-0.2, 0) is 12.8 Å². The van der Waals surface area contributed by atoms with Gasteiger partial charge in [-0.2, -0.15) is 0 Å². The van der Waals surface area contributed by atoms with Crippen molar-refractivity contribution in [2.75, 3.05) is 5.32 Å². The van der Waals surface area contributed by atoms with Gasteiger partial charge in [-0.3, -0.25) is 0 Å². The second kappa shape index (κ2) is 4.85. The zero-order valence-electron chi connectivity index (χ0n) is 10.1. The van der Waals surface area contributed by atoms with Crippen LogP contribution in [0.2, 0.25) is 0 Å². The molecular formula is C14H19ClN2. The Balaban J connectivity index is 1.65. The molecular weight excluding hydrogens is 232 g/mol. The maximum absolute atomic E-state index is 6.12. The number of hydrogen-bond acceptors (Lipinski definition) is 2. The predicted molar refractivity (Wildman–Crippen MR) is 71.8 cm³/mol. The number of hydrogen-bond donors (Lipinski definition) is 1. The van der Waals surface area contributed by atoms with Crippen LogP contribution in [0.5, 0.6) is 0 Å². The highest BCUT2D eigenvalue weighted by Crippen LogP contribution is 2.26. The van der Waals surface area contributed by atoms with Gasteiger partial charge in [-0.25, -0.2) is 4.98 Å². The van der Waals surface area contributed by atoms with Gasteiger partial charge in [0.05, 0.1) is 0 Å². The average molecular weight is 251 g/mol. The van der Waals surface area contributed by atoms with E-state index in [1.165, 1.54) is 36.9 Å². The van der Waals surface area contributed by atoms with Crippen LogP contribution in [0.1, 0.15) is 43.4 Å². The van der Waals surface area contributed by atoms with Crippen LogP contribution in [0.25, 0.3) is 0 Å². The smallest absolute Gasteiger partial charge is 0.126 e. The van der Waals surface area contributed by atoms with Crippen LogP contribution < -0.4 is 5.32 Å². The molecule has 2 aliphatic carbocycles. The van der Waals surface area contributed by atoms with E-state index in [0.29, 0.717) is 11.4 Å². The Morgan fingerprint density at radius 2 is 1.94 bits per heavy atom. The lowest BCUT2D eigenvalue weighted by atomic mass is 9.95. The van der Waals surface area contributed by atoms with E-state index in [-0.39, 0.29) is 0 Å². The zero-order valence-corrected chi connectivity index (χ0v) is 10.8. The summed E-state index contributed by atoms with van der Waals surface area (Å²) in [5.74, 6) is 1.06. The van der Waals surface area contributed by atoms with Crippen LogP contribution in [0.15, 0.2) is 12.1 Å². The van der Waals surface area contributed by atoms with Crippen molar-refractivity contribution in [2.45, 2.75) is 56.4 Å². The summed E-state index contributed by atoms with van der Waals surface area (Å²) in [6.45, 7) is 0. The van der Waals surface area contributed by atoms with Crippen molar-refractivity contribution < 1.29 is 0 Å². The monoisotopic (exact) mass is 250 g/mol. The SMILES string of the molecule is ClC1CCC(Nc2ccc3c(n2)CCC3)CC1. The molecule has 0 atom stereocenters. The average Bonchev–Trinajstić information content (AvgIpc) is 2.79. The maximum Gasteiger partial charge on any atom is 0.126 e. The Bertz CT molecular complexity index is 397. The summed E-state index contributed by atoms with van der Waals surface area (Å²) in [5.41, 5.74) is 2.75. The van der Waals surface area contributed by atoms with Gasteiger partial charge >= 0.3 is 0 Å². The Hall–Kier alpha value is -0.760. The molecule has 0 spiro atoms. The highest BCUT2D eigenvalue weighted by Gasteiger charge is 2.20. The molecule has 17 heavy (non-hydrogen) atoms. The molecule has 1 fully saturated rings. The van der Waals surface area contributed by atoms with Crippen LogP contribution in [0, 0.1) is 0 Å². The Kier molecular flexibility index (Phi) is 3.24. The van der Waals surface area contributed by atoms with E-state index in [9.17, 15) is 0 Å². The molecule has 2 nitrogen and oxygen atoms in total. The fourth-order valence-electron chi connectivity index (χ4n) is 2.91. The number of aromatic nitrogens is 1. The summed E-state index contributed by atoms with van der Waals surface area (Å²) in [5, 5.41) is 3.95. The van der Waals surface area contributed by atoms with Crippen molar-refractivity contribution >= 4 is 17.4 Å². The molecule has 0 aromatic carbocycles. The number of nitrogens with one attached hydrogen (secondary N) is 1. The number of anilines is 1. The molecule has 0 amide bonds. The van der Waals surface area contributed by atoms with Crippen molar-refractivity contribution in [1.29, 1.82) is 0 Å². The maximum atomic E-state index is 6.12. The quantitative estimate of drug-likeness (QED) is 0.813. The van der Waals surface area contributed by atoms with Crippen LogP contribution in [0.3, 0.4) is 0 Å². The van der Waals surface area contributed by atoms with Gasteiger partial charge in [0.1, 0.15) is 5.82 Å². The molecule has 3 rings (SSSR count). The first kappa shape index (κ1) is 11.3. The summed E-state index contributed by atoms with van der Waals surface area (Å²) in [6.07, 6.45) is 8.23. The van der Waals surface area contributed by atoms with E-state index in [1.807, 2.05) is 0 Å². The Morgan fingerprint density at radius 3 is 2.76 bits per heavy atom. The van der Waals surface area contributed by atoms with Gasteiger partial charge in [-0.15, -0.1) is 11.6 Å². The van der Waals surface area contributed by atoms with Gasteiger partial charge in [0.15, 0.2) is 0 Å². The number of halogens is 1. The second-order valence-electron chi connectivity index (χ2n) is 5.25. The van der Waals surface area contributed by atoms with Gasteiger partial charge in [-0.05, 0) is 56.6 Å². The van der Waals surface area contributed by atoms with E-state index in [2.05, 4.69) is 17.4 Å². The number of aryl methyl sites for hydroxylation is 2. The van der Waals surface area contributed by atoms with E-state index >= 15 is 0 Å². The molecule has 3 heteroatoms. The molecule has 1 saturated carbocycles. The number of fused-ring (bicyclic) bond motifs is 1. The Morgan fingerprint density at radius 1 is 1.12 bits per heavy atom. The van der Waals surface area contributed by atoms with E-state index in [4.69, 9.17) is 16.6 Å². The molecule has 0 saturated heterocycles. The standard InChI is InChI=1S/C14H19ClN2/c15-11-5-7-12(8-6-11)16-14-9-4-10-2-1-3-13(10)17-14/h4,9,11-12H,1-3,5-8H2,(H,16,17). The lowest BCUT2D eigenvalue weighted by Crippen LogP contribution is -2.26. The van der Waals surface area contributed by atoms with Crippen molar-refractivity contribution in [2.24, 2.45) is 0 Å². The van der Waals surface area contributed by atoms with Gasteiger partial charge in [0, 0.05) is 17.1 Å². The summed E-state index contributed by atoms with van der Waals surface area (Å²) >= 11 is 6.12. The molecule has 0 radical (unpaired) electrons. The van der Waals surface area contributed by atoms with Crippen LogP contribution in [0.4, 0.5) is 5.82 Å². The number of alkyl halides is 1. The minimum atomic E-state index is 0.390. The minimum Gasteiger partial charge on any atom is -0.367 e. The van der Waals surface area contributed by atoms with Crippen molar-refractivity contribution in [3.05, 3.63) is 23.4 Å². The van der Waals surface area contributed by atoms with Crippen LogP contribution >= 0.6 is 11.6 Å². The number of nitrogens with zero attached hydrogens (tertiary/aromatic N) is 1. The largest absolute Gasteiger partial charge is 0.367 e. The Labute approximate surface area is 108 Å². The molecule has 1 aromatic heterocycles. The van der Waals surface area contributed by atoms with Gasteiger partial charge in [0.2, 0.25) is 0 Å². The zero-order chi connectivity index (χ0) is 11.7. The van der Waals surface area contributed by atoms with Crippen LogP contribution in [-0.4, -0.2) is 16.4 Å². The normalized spacial score (nSPS) is 27.8. The molecule has 1 heterocycles. The third kappa shape index (κ3) is 2.57. The molecule has 0 unspecified atom stereocenters. The molecule has 0 bridgehead atoms. The predicted octanol–water partition coefficient (Wildman–Crippen LogP) is 3.53. The highest BCUT2D eigenvalue weighted by atomic mass is 35.5. The first-order valence-electron chi connectivity index (χ1n) is 6.70. The summed E-state index contributed by atoms with van der Waals surface area (Å²) in [4.78, 5) is 4.72. The van der Waals surface area contributed by atoms with E-state index in [0.717, 1.165) is 25.1 Å². The third-order valence-electron chi connectivity index (χ3n) is 3.94. The minimum absolute atomic E-state index is 0.390. The molecule has 1 N–H and O–H groups in total. The van der Waals surface area contributed by atoms with Crippen molar-refractivity contribution in [1.82, 2.24) is 4.98 Å². The lowest BCUT2D eigenvalue weighted by molar-refractivity contribution is 0.467. The fourth-order valence-corrected chi connectivity index (χ4v) is 3.16. The van der Waals surface area contributed by atoms with E-state index in [1.54, 1.807) is 0 Å².